The van der Waals surface area contributed by atoms with Gasteiger partial charge in [-0.05, 0) is 36.4 Å². The molecule has 2 aromatic carbocycles. The lowest BCUT2D eigenvalue weighted by Gasteiger charge is -2.34. The van der Waals surface area contributed by atoms with E-state index in [1.807, 2.05) is 4.90 Å². The summed E-state index contributed by atoms with van der Waals surface area (Å²) < 4.78 is 40.8. The average Bonchev–Trinajstić information content (AvgIpc) is 2.65. The molecular formula is C18H19ClFN3O3S. The molecule has 1 amide bonds. The van der Waals surface area contributed by atoms with E-state index in [1.54, 1.807) is 12.1 Å². The number of primary amides is 1. The molecule has 2 N–H and O–H groups in total. The van der Waals surface area contributed by atoms with Gasteiger partial charge in [0, 0.05) is 48.9 Å². The molecule has 0 aromatic heterocycles. The van der Waals surface area contributed by atoms with Gasteiger partial charge in [0.15, 0.2) is 0 Å². The number of piperazine rings is 1. The van der Waals surface area contributed by atoms with E-state index in [9.17, 15) is 17.6 Å². The first-order chi connectivity index (χ1) is 12.8. The average molecular weight is 412 g/mol. The second-order valence-electron chi connectivity index (χ2n) is 6.27. The molecular weight excluding hydrogens is 393 g/mol. The van der Waals surface area contributed by atoms with Crippen molar-refractivity contribution >= 4 is 27.5 Å². The summed E-state index contributed by atoms with van der Waals surface area (Å²) in [6, 6.07) is 10.1. The van der Waals surface area contributed by atoms with Crippen LogP contribution in [0.5, 0.6) is 0 Å². The summed E-state index contributed by atoms with van der Waals surface area (Å²) in [7, 11) is -3.66. The van der Waals surface area contributed by atoms with Crippen LogP contribution < -0.4 is 5.73 Å². The van der Waals surface area contributed by atoms with Gasteiger partial charge in [-0.15, -0.1) is 0 Å². The van der Waals surface area contributed by atoms with Gasteiger partial charge in [0.1, 0.15) is 5.82 Å². The van der Waals surface area contributed by atoms with Crippen LogP contribution in [-0.4, -0.2) is 49.7 Å². The van der Waals surface area contributed by atoms with E-state index in [0.29, 0.717) is 30.2 Å². The van der Waals surface area contributed by atoms with E-state index in [4.69, 9.17) is 17.3 Å². The molecule has 3 rings (SSSR count). The second kappa shape index (κ2) is 7.93. The highest BCUT2D eigenvalue weighted by molar-refractivity contribution is 7.89. The van der Waals surface area contributed by atoms with Crippen LogP contribution >= 0.6 is 11.6 Å². The van der Waals surface area contributed by atoms with E-state index in [0.717, 1.165) is 0 Å². The first kappa shape index (κ1) is 19.8. The zero-order valence-electron chi connectivity index (χ0n) is 14.4. The molecule has 6 nitrogen and oxygen atoms in total. The summed E-state index contributed by atoms with van der Waals surface area (Å²) in [5.41, 5.74) is 5.84. The van der Waals surface area contributed by atoms with E-state index >= 15 is 0 Å². The zero-order chi connectivity index (χ0) is 19.6. The molecule has 144 valence electrons. The Kier molecular flexibility index (Phi) is 5.81. The van der Waals surface area contributed by atoms with Gasteiger partial charge in [-0.25, -0.2) is 12.8 Å². The van der Waals surface area contributed by atoms with Crippen LogP contribution in [-0.2, 0) is 16.6 Å². The van der Waals surface area contributed by atoms with Crippen LogP contribution in [0.15, 0.2) is 47.4 Å². The van der Waals surface area contributed by atoms with Gasteiger partial charge in [0.05, 0.1) is 4.90 Å². The normalized spacial score (nSPS) is 16.4. The predicted octanol–water partition coefficient (Wildman–Crippen LogP) is 2.08. The molecule has 9 heteroatoms. The SMILES string of the molecule is NC(=O)c1ccc(S(=O)(=O)N2CCN(Cc3c(F)cccc3Cl)CC2)cc1. The Balaban J connectivity index is 1.66. The Morgan fingerprint density at radius 3 is 2.26 bits per heavy atom. The number of hydrogen-bond acceptors (Lipinski definition) is 4. The van der Waals surface area contributed by atoms with Crippen molar-refractivity contribution in [1.82, 2.24) is 9.21 Å². The van der Waals surface area contributed by atoms with Crippen LogP contribution in [0.2, 0.25) is 5.02 Å². The molecule has 1 saturated heterocycles. The minimum absolute atomic E-state index is 0.109. The van der Waals surface area contributed by atoms with Crippen LogP contribution in [0.25, 0.3) is 0 Å². The second-order valence-corrected chi connectivity index (χ2v) is 8.61. The van der Waals surface area contributed by atoms with Crippen LogP contribution in [0.3, 0.4) is 0 Å². The number of sulfonamides is 1. The third kappa shape index (κ3) is 4.30. The smallest absolute Gasteiger partial charge is 0.248 e. The van der Waals surface area contributed by atoms with Gasteiger partial charge >= 0.3 is 0 Å². The number of carbonyl (C=O) groups excluding carboxylic acids is 1. The molecule has 0 atom stereocenters. The molecule has 0 spiro atoms. The molecule has 2 aromatic rings. The molecule has 0 bridgehead atoms. The fraction of sp³-hybridized carbons (Fsp3) is 0.278. The monoisotopic (exact) mass is 411 g/mol. The number of carbonyl (C=O) groups is 1. The Labute approximate surface area is 162 Å². The van der Waals surface area contributed by atoms with Gasteiger partial charge in [0.2, 0.25) is 15.9 Å². The third-order valence-electron chi connectivity index (χ3n) is 4.55. The zero-order valence-corrected chi connectivity index (χ0v) is 16.0. The standard InChI is InChI=1S/C18H19ClFN3O3S/c19-16-2-1-3-17(20)15(16)12-22-8-10-23(11-9-22)27(25,26)14-6-4-13(5-7-14)18(21)24/h1-7H,8-12H2,(H2,21,24). The Morgan fingerprint density at radius 2 is 1.70 bits per heavy atom. The minimum Gasteiger partial charge on any atom is -0.366 e. The molecule has 1 aliphatic rings. The fourth-order valence-corrected chi connectivity index (χ4v) is 4.62. The first-order valence-corrected chi connectivity index (χ1v) is 10.2. The van der Waals surface area contributed by atoms with Crippen LogP contribution in [0.1, 0.15) is 15.9 Å². The molecule has 0 saturated carbocycles. The van der Waals surface area contributed by atoms with Crippen molar-refractivity contribution in [2.24, 2.45) is 5.73 Å². The van der Waals surface area contributed by atoms with Gasteiger partial charge in [0.25, 0.3) is 0 Å². The molecule has 1 fully saturated rings. The molecule has 0 unspecified atom stereocenters. The Hall–Kier alpha value is -2.00. The maximum atomic E-state index is 13.9. The van der Waals surface area contributed by atoms with Gasteiger partial charge in [-0.1, -0.05) is 17.7 Å². The van der Waals surface area contributed by atoms with Crippen LogP contribution in [0, 0.1) is 5.82 Å². The summed E-state index contributed by atoms with van der Waals surface area (Å²) in [5.74, 6) is -0.980. The van der Waals surface area contributed by atoms with E-state index in [2.05, 4.69) is 0 Å². The van der Waals surface area contributed by atoms with Crippen molar-refractivity contribution in [1.29, 1.82) is 0 Å². The summed E-state index contributed by atoms with van der Waals surface area (Å²) in [4.78, 5) is 13.2. The summed E-state index contributed by atoms with van der Waals surface area (Å²) in [5, 5.41) is 0.361. The lowest BCUT2D eigenvalue weighted by atomic mass is 10.2. The van der Waals surface area contributed by atoms with Crippen molar-refractivity contribution in [3.8, 4) is 0 Å². The van der Waals surface area contributed by atoms with E-state index in [1.165, 1.54) is 34.6 Å². The fourth-order valence-electron chi connectivity index (χ4n) is 2.98. The lowest BCUT2D eigenvalue weighted by Crippen LogP contribution is -2.48. The van der Waals surface area contributed by atoms with Gasteiger partial charge in [-0.3, -0.25) is 9.69 Å². The maximum absolute atomic E-state index is 13.9. The van der Waals surface area contributed by atoms with Gasteiger partial charge < -0.3 is 5.73 Å². The number of rotatable bonds is 5. The number of halogens is 2. The van der Waals surface area contributed by atoms with E-state index in [-0.39, 0.29) is 29.4 Å². The number of nitrogens with zero attached hydrogens (tertiary/aromatic N) is 2. The van der Waals surface area contributed by atoms with Crippen molar-refractivity contribution < 1.29 is 17.6 Å². The number of nitrogens with two attached hydrogens (primary N) is 1. The summed E-state index contributed by atoms with van der Waals surface area (Å²) in [6.45, 7) is 1.82. The predicted molar refractivity (Wildman–Crippen MR) is 100 cm³/mol. The largest absolute Gasteiger partial charge is 0.366 e. The minimum atomic E-state index is -3.66. The number of benzene rings is 2. The number of amides is 1. The van der Waals surface area contributed by atoms with Crippen molar-refractivity contribution in [2.75, 3.05) is 26.2 Å². The Bertz CT molecular complexity index is 923. The quantitative estimate of drug-likeness (QED) is 0.816. The maximum Gasteiger partial charge on any atom is 0.248 e. The molecule has 27 heavy (non-hydrogen) atoms. The lowest BCUT2D eigenvalue weighted by molar-refractivity contribution is 0.1000. The van der Waals surface area contributed by atoms with Crippen LogP contribution in [0.4, 0.5) is 4.39 Å². The third-order valence-corrected chi connectivity index (χ3v) is 6.82. The highest BCUT2D eigenvalue weighted by Crippen LogP contribution is 2.23. The topological polar surface area (TPSA) is 83.7 Å². The molecule has 1 heterocycles. The molecule has 0 radical (unpaired) electrons. The van der Waals surface area contributed by atoms with Crippen molar-refractivity contribution in [3.05, 3.63) is 64.4 Å². The van der Waals surface area contributed by atoms with E-state index < -0.39 is 15.9 Å². The highest BCUT2D eigenvalue weighted by Gasteiger charge is 2.29. The highest BCUT2D eigenvalue weighted by atomic mass is 35.5. The number of hydrogen-bond donors (Lipinski definition) is 1. The summed E-state index contributed by atoms with van der Waals surface area (Å²) in [6.07, 6.45) is 0. The molecule has 0 aliphatic carbocycles. The van der Waals surface area contributed by atoms with Crippen molar-refractivity contribution in [2.45, 2.75) is 11.4 Å². The molecule has 1 aliphatic heterocycles. The Morgan fingerprint density at radius 1 is 1.07 bits per heavy atom. The van der Waals surface area contributed by atoms with Gasteiger partial charge in [-0.2, -0.15) is 4.31 Å². The van der Waals surface area contributed by atoms with Crippen molar-refractivity contribution in [3.63, 3.8) is 0 Å². The first-order valence-electron chi connectivity index (χ1n) is 8.34. The summed E-state index contributed by atoms with van der Waals surface area (Å²) >= 11 is 6.06.